The molecule has 4 heteroatoms. The molecule has 0 saturated carbocycles. The smallest absolute Gasteiger partial charge is 0.216 e. The highest BCUT2D eigenvalue weighted by Crippen LogP contribution is 2.50. The van der Waals surface area contributed by atoms with Crippen LogP contribution in [0.3, 0.4) is 0 Å². The summed E-state index contributed by atoms with van der Waals surface area (Å²) in [4.78, 5) is 5.08. The lowest BCUT2D eigenvalue weighted by Crippen LogP contribution is -2.66. The van der Waals surface area contributed by atoms with Gasteiger partial charge in [0.15, 0.2) is 11.0 Å². The van der Waals surface area contributed by atoms with Crippen LogP contribution in [0.15, 0.2) is 36.4 Å². The summed E-state index contributed by atoms with van der Waals surface area (Å²) in [6.07, 6.45) is 1.88. The molecular weight excluding hydrogens is 373 g/mol. The Morgan fingerprint density at radius 2 is 1.77 bits per heavy atom. The molecule has 0 bridgehead atoms. The van der Waals surface area contributed by atoms with Crippen LogP contribution in [0.2, 0.25) is 0 Å². The Labute approximate surface area is 177 Å². The summed E-state index contributed by atoms with van der Waals surface area (Å²) < 4.78 is 19.8. The van der Waals surface area contributed by atoms with Crippen molar-refractivity contribution >= 4 is 27.6 Å². The van der Waals surface area contributed by atoms with Gasteiger partial charge in [-0.1, -0.05) is 53.7 Å². The average Bonchev–Trinajstić information content (AvgIpc) is 3.05. The highest BCUT2D eigenvalue weighted by molar-refractivity contribution is 5.97. The highest BCUT2D eigenvalue weighted by Gasteiger charge is 2.55. The molecule has 2 unspecified atom stereocenters. The van der Waals surface area contributed by atoms with Crippen molar-refractivity contribution in [2.24, 2.45) is 0 Å². The van der Waals surface area contributed by atoms with Gasteiger partial charge < -0.3 is 0 Å². The van der Waals surface area contributed by atoms with Crippen LogP contribution in [0.1, 0.15) is 72.7 Å². The van der Waals surface area contributed by atoms with Gasteiger partial charge in [-0.25, -0.2) is 13.9 Å². The number of benzene rings is 2. The van der Waals surface area contributed by atoms with E-state index in [9.17, 15) is 4.39 Å². The summed E-state index contributed by atoms with van der Waals surface area (Å²) in [7, 11) is 0. The van der Waals surface area contributed by atoms with Crippen LogP contribution in [0.25, 0.3) is 27.6 Å². The molecule has 0 N–H and O–H groups in total. The van der Waals surface area contributed by atoms with Crippen LogP contribution in [0.4, 0.5) is 4.39 Å². The molecule has 156 valence electrons. The SMILES string of the molecule is CCC1(C)c2cc(F)cc3nc(C(C)(C)C)n4c5ccccc5[n+](c4c23)C1(C)CC. The molecule has 1 aliphatic heterocycles. The monoisotopic (exact) mass is 404 g/mol. The molecule has 0 amide bonds. The Morgan fingerprint density at radius 3 is 2.40 bits per heavy atom. The van der Waals surface area contributed by atoms with Crippen LogP contribution in [-0.4, -0.2) is 9.38 Å². The molecule has 0 spiro atoms. The van der Waals surface area contributed by atoms with E-state index in [0.717, 1.165) is 40.8 Å². The summed E-state index contributed by atoms with van der Waals surface area (Å²) in [6, 6.07) is 12.0. The first kappa shape index (κ1) is 19.5. The van der Waals surface area contributed by atoms with Crippen LogP contribution >= 0.6 is 0 Å². The maximum Gasteiger partial charge on any atom is 0.299 e. The first-order valence-electron chi connectivity index (χ1n) is 11.1. The molecular formula is C26H31FN3+. The topological polar surface area (TPSA) is 21.2 Å². The Balaban J connectivity index is 2.21. The molecule has 3 heterocycles. The highest BCUT2D eigenvalue weighted by atomic mass is 19.1. The van der Waals surface area contributed by atoms with Crippen molar-refractivity contribution in [2.75, 3.05) is 0 Å². The largest absolute Gasteiger partial charge is 0.299 e. The minimum Gasteiger partial charge on any atom is -0.216 e. The summed E-state index contributed by atoms with van der Waals surface area (Å²) in [5, 5.41) is 1.09. The lowest BCUT2D eigenvalue weighted by molar-refractivity contribution is -0.728. The van der Waals surface area contributed by atoms with Gasteiger partial charge >= 0.3 is 0 Å². The molecule has 3 nitrogen and oxygen atoms in total. The van der Waals surface area contributed by atoms with Crippen molar-refractivity contribution in [3.63, 3.8) is 0 Å². The van der Waals surface area contributed by atoms with Gasteiger partial charge in [-0.2, -0.15) is 4.40 Å². The van der Waals surface area contributed by atoms with E-state index >= 15 is 0 Å². The summed E-state index contributed by atoms with van der Waals surface area (Å²) >= 11 is 0. The second-order valence-corrected chi connectivity index (χ2v) is 10.3. The van der Waals surface area contributed by atoms with Crippen molar-refractivity contribution in [1.29, 1.82) is 0 Å². The van der Waals surface area contributed by atoms with Crippen molar-refractivity contribution in [1.82, 2.24) is 9.38 Å². The van der Waals surface area contributed by atoms with E-state index in [2.05, 4.69) is 81.7 Å². The molecule has 5 rings (SSSR count). The Kier molecular flexibility index (Phi) is 3.77. The lowest BCUT2D eigenvalue weighted by atomic mass is 9.62. The fourth-order valence-corrected chi connectivity index (χ4v) is 5.78. The quantitative estimate of drug-likeness (QED) is 0.366. The zero-order valence-corrected chi connectivity index (χ0v) is 19.1. The second kappa shape index (κ2) is 5.81. The van der Waals surface area contributed by atoms with Gasteiger partial charge in [-0.05, 0) is 43.5 Å². The molecule has 4 aromatic rings. The van der Waals surface area contributed by atoms with Crippen LogP contribution in [0, 0.1) is 5.82 Å². The number of nitrogens with zero attached hydrogens (tertiary/aromatic N) is 3. The second-order valence-electron chi connectivity index (χ2n) is 10.3. The van der Waals surface area contributed by atoms with Crippen LogP contribution < -0.4 is 4.57 Å². The minimum atomic E-state index is -0.213. The molecule has 0 radical (unpaired) electrons. The Hall–Kier alpha value is -2.49. The van der Waals surface area contributed by atoms with Crippen molar-refractivity contribution in [3.05, 3.63) is 53.6 Å². The maximum atomic E-state index is 14.9. The third kappa shape index (κ3) is 2.10. The van der Waals surface area contributed by atoms with E-state index in [4.69, 9.17) is 4.98 Å². The van der Waals surface area contributed by atoms with E-state index < -0.39 is 0 Å². The van der Waals surface area contributed by atoms with Gasteiger partial charge in [0.25, 0.3) is 5.65 Å². The summed E-state index contributed by atoms with van der Waals surface area (Å²) in [5.74, 6) is 0.770. The van der Waals surface area contributed by atoms with Gasteiger partial charge in [0.2, 0.25) is 5.82 Å². The lowest BCUT2D eigenvalue weighted by Gasteiger charge is -2.46. The predicted molar refractivity (Wildman–Crippen MR) is 121 cm³/mol. The van der Waals surface area contributed by atoms with Gasteiger partial charge in [0.1, 0.15) is 11.4 Å². The number of aromatic nitrogens is 3. The van der Waals surface area contributed by atoms with E-state index in [1.165, 1.54) is 11.0 Å². The van der Waals surface area contributed by atoms with Gasteiger partial charge in [0.05, 0.1) is 10.9 Å². The number of rotatable bonds is 2. The zero-order chi connectivity index (χ0) is 21.6. The number of imidazole rings is 1. The normalized spacial score (nSPS) is 23.9. The molecule has 30 heavy (non-hydrogen) atoms. The number of halogens is 1. The van der Waals surface area contributed by atoms with Crippen LogP contribution in [-0.2, 0) is 16.4 Å². The first-order valence-corrected chi connectivity index (χ1v) is 11.1. The van der Waals surface area contributed by atoms with Crippen molar-refractivity contribution in [2.45, 2.75) is 77.7 Å². The number of para-hydroxylation sites is 2. The van der Waals surface area contributed by atoms with E-state index in [0.29, 0.717) is 0 Å². The Morgan fingerprint density at radius 1 is 1.07 bits per heavy atom. The maximum absolute atomic E-state index is 14.9. The minimum absolute atomic E-state index is 0.186. The standard InChI is InChI=1S/C26H31FN3/c1-8-25(6)17-14-16(27)15-18-21(17)22-29(23(28-18)24(3,4)5)19-12-10-11-13-20(19)30(22)26(25,7)9-2/h10-15H,8-9H2,1-7H3/q+1. The molecule has 0 aliphatic carbocycles. The van der Waals surface area contributed by atoms with E-state index in [1.54, 1.807) is 12.1 Å². The number of fused-ring (bicyclic) bond motifs is 3. The Bertz CT molecular complexity index is 1340. The summed E-state index contributed by atoms with van der Waals surface area (Å²) in [6.45, 7) is 15.7. The predicted octanol–water partition coefficient (Wildman–Crippen LogP) is 6.17. The molecule has 2 aromatic carbocycles. The van der Waals surface area contributed by atoms with Gasteiger partial charge in [0, 0.05) is 16.9 Å². The van der Waals surface area contributed by atoms with Gasteiger partial charge in [-0.3, -0.25) is 0 Å². The number of hydrogen-bond donors (Lipinski definition) is 0. The molecule has 0 saturated heterocycles. The molecule has 2 aromatic heterocycles. The first-order chi connectivity index (χ1) is 14.1. The average molecular weight is 405 g/mol. The van der Waals surface area contributed by atoms with Crippen molar-refractivity contribution in [3.8, 4) is 0 Å². The fraction of sp³-hybridized carbons (Fsp3) is 0.462. The molecule has 2 atom stereocenters. The van der Waals surface area contributed by atoms with E-state index in [1.807, 2.05) is 0 Å². The molecule has 1 aliphatic rings. The van der Waals surface area contributed by atoms with Crippen molar-refractivity contribution < 1.29 is 8.96 Å². The third-order valence-electron chi connectivity index (χ3n) is 7.87. The van der Waals surface area contributed by atoms with E-state index in [-0.39, 0.29) is 22.2 Å². The zero-order valence-electron chi connectivity index (χ0n) is 19.1. The molecule has 0 fully saturated rings. The van der Waals surface area contributed by atoms with Crippen LogP contribution in [0.5, 0.6) is 0 Å². The third-order valence-corrected chi connectivity index (χ3v) is 7.87. The van der Waals surface area contributed by atoms with Gasteiger partial charge in [-0.15, -0.1) is 0 Å². The fourth-order valence-electron chi connectivity index (χ4n) is 5.78. The number of hydrogen-bond acceptors (Lipinski definition) is 1. The summed E-state index contributed by atoms with van der Waals surface area (Å²) in [5.41, 5.74) is 4.79.